The van der Waals surface area contributed by atoms with Crippen molar-refractivity contribution in [1.82, 2.24) is 5.32 Å². The number of hydrogen-bond acceptors (Lipinski definition) is 4. The van der Waals surface area contributed by atoms with Crippen LogP contribution in [-0.2, 0) is 0 Å². The predicted octanol–water partition coefficient (Wildman–Crippen LogP) is 8.54. The molecule has 0 saturated heterocycles. The maximum absolute atomic E-state index is 9.18. The van der Waals surface area contributed by atoms with Crippen LogP contribution in [-0.4, -0.2) is 11.7 Å². The number of nitriles is 1. The molecule has 0 bridgehead atoms. The van der Waals surface area contributed by atoms with E-state index in [1.165, 1.54) is 0 Å². The van der Waals surface area contributed by atoms with Crippen molar-refractivity contribution in [3.05, 3.63) is 168 Å². The highest BCUT2D eigenvalue weighted by molar-refractivity contribution is 6.16. The summed E-state index contributed by atoms with van der Waals surface area (Å²) in [5.74, 6) is 1.61. The normalized spacial score (nSPS) is 13.1. The van der Waals surface area contributed by atoms with Crippen molar-refractivity contribution >= 4 is 22.4 Å². The van der Waals surface area contributed by atoms with Gasteiger partial charge in [0.05, 0.1) is 11.6 Å². The average molecular weight is 539 g/mol. The summed E-state index contributed by atoms with van der Waals surface area (Å²) in [5, 5.41) is 14.9. The van der Waals surface area contributed by atoms with Crippen LogP contribution in [0.2, 0.25) is 0 Å². The molecule has 0 atom stereocenters. The van der Waals surface area contributed by atoms with E-state index < -0.39 is 6.17 Å². The Labute approximate surface area is 245 Å². The van der Waals surface area contributed by atoms with Gasteiger partial charge in [-0.2, -0.15) is 5.26 Å². The van der Waals surface area contributed by atoms with Gasteiger partial charge in [-0.3, -0.25) is 0 Å². The minimum atomic E-state index is -0.402. The van der Waals surface area contributed by atoms with Crippen LogP contribution in [0.3, 0.4) is 0 Å². The molecule has 42 heavy (non-hydrogen) atoms. The van der Waals surface area contributed by atoms with Crippen molar-refractivity contribution in [2.45, 2.75) is 6.17 Å². The van der Waals surface area contributed by atoms with Crippen LogP contribution in [0.1, 0.15) is 28.4 Å². The number of rotatable bonds is 5. The van der Waals surface area contributed by atoms with Crippen LogP contribution < -0.4 is 5.32 Å². The molecule has 4 heteroatoms. The van der Waals surface area contributed by atoms with Gasteiger partial charge in [0, 0.05) is 16.7 Å². The van der Waals surface area contributed by atoms with E-state index >= 15 is 0 Å². The summed E-state index contributed by atoms with van der Waals surface area (Å²) in [6, 6.07) is 51.7. The van der Waals surface area contributed by atoms with Crippen molar-refractivity contribution in [3.63, 3.8) is 0 Å². The van der Waals surface area contributed by atoms with E-state index in [0.717, 1.165) is 61.4 Å². The first-order valence-corrected chi connectivity index (χ1v) is 13.9. The summed E-state index contributed by atoms with van der Waals surface area (Å²) in [5.41, 5.74) is 8.23. The second-order valence-corrected chi connectivity index (χ2v) is 10.2. The number of hydrogen-bond donors (Lipinski definition) is 1. The molecule has 0 fully saturated rings. The topological polar surface area (TPSA) is 60.5 Å². The fraction of sp³-hybridized carbons (Fsp3) is 0.0263. The Morgan fingerprint density at radius 1 is 0.500 bits per heavy atom. The molecule has 0 radical (unpaired) electrons. The van der Waals surface area contributed by atoms with E-state index in [4.69, 9.17) is 9.98 Å². The molecule has 0 unspecified atom stereocenters. The lowest BCUT2D eigenvalue weighted by Crippen LogP contribution is -2.36. The molecule has 0 amide bonds. The molecule has 0 spiro atoms. The molecular formula is C38H26N4. The van der Waals surface area contributed by atoms with Gasteiger partial charge in [-0.25, -0.2) is 9.98 Å². The summed E-state index contributed by atoms with van der Waals surface area (Å²) in [6.07, 6.45) is -0.402. The molecule has 0 aliphatic carbocycles. The highest BCUT2D eigenvalue weighted by Crippen LogP contribution is 2.37. The molecular weight excluding hydrogens is 512 g/mol. The summed E-state index contributed by atoms with van der Waals surface area (Å²) < 4.78 is 0. The Kier molecular flexibility index (Phi) is 6.60. The number of nitrogens with zero attached hydrogens (tertiary/aromatic N) is 3. The molecule has 0 aromatic heterocycles. The van der Waals surface area contributed by atoms with Crippen LogP contribution >= 0.6 is 0 Å². The van der Waals surface area contributed by atoms with Gasteiger partial charge < -0.3 is 5.32 Å². The smallest absolute Gasteiger partial charge is 0.170 e. The minimum absolute atomic E-state index is 0.402. The maximum atomic E-state index is 9.18. The minimum Gasteiger partial charge on any atom is -0.324 e. The lowest BCUT2D eigenvalue weighted by atomic mass is 9.92. The molecule has 6 aromatic carbocycles. The molecule has 1 heterocycles. The second-order valence-electron chi connectivity index (χ2n) is 10.2. The quantitative estimate of drug-likeness (QED) is 0.239. The zero-order valence-corrected chi connectivity index (χ0v) is 22.8. The Balaban J connectivity index is 1.34. The summed E-state index contributed by atoms with van der Waals surface area (Å²) in [4.78, 5) is 10.2. The van der Waals surface area contributed by atoms with Gasteiger partial charge >= 0.3 is 0 Å². The highest BCUT2D eigenvalue weighted by Gasteiger charge is 2.22. The first-order valence-electron chi connectivity index (χ1n) is 13.9. The van der Waals surface area contributed by atoms with Gasteiger partial charge in [0.15, 0.2) is 6.17 Å². The Morgan fingerprint density at radius 3 is 1.71 bits per heavy atom. The van der Waals surface area contributed by atoms with E-state index in [-0.39, 0.29) is 0 Å². The summed E-state index contributed by atoms with van der Waals surface area (Å²) in [6.45, 7) is 0. The second kappa shape index (κ2) is 11.0. The Morgan fingerprint density at radius 2 is 1.07 bits per heavy atom. The number of benzene rings is 6. The van der Waals surface area contributed by atoms with Crippen molar-refractivity contribution in [2.24, 2.45) is 9.98 Å². The fourth-order valence-corrected chi connectivity index (χ4v) is 5.48. The first-order chi connectivity index (χ1) is 20.8. The number of fused-ring (bicyclic) bond motifs is 1. The largest absolute Gasteiger partial charge is 0.324 e. The molecule has 0 saturated carbocycles. The zero-order chi connectivity index (χ0) is 28.3. The Hall–Kier alpha value is -5.79. The van der Waals surface area contributed by atoms with Crippen LogP contribution in [0.5, 0.6) is 0 Å². The predicted molar refractivity (Wildman–Crippen MR) is 171 cm³/mol. The zero-order valence-electron chi connectivity index (χ0n) is 22.8. The molecule has 1 aliphatic heterocycles. The van der Waals surface area contributed by atoms with Gasteiger partial charge in [-0.1, -0.05) is 127 Å². The standard InChI is InChI=1S/C38H26N4/c39-25-26-18-20-27(21-19-26)30-14-9-15-31(24-30)32-22-23-35(34-17-8-7-16-33(32)34)38-41-36(28-10-3-1-4-11-28)40-37(42-38)29-12-5-2-6-13-29/h1-24,38H,(H,40,41,42). The van der Waals surface area contributed by atoms with E-state index in [0.29, 0.717) is 5.56 Å². The van der Waals surface area contributed by atoms with Gasteiger partial charge in [0.2, 0.25) is 0 Å². The van der Waals surface area contributed by atoms with Crippen molar-refractivity contribution in [1.29, 1.82) is 5.26 Å². The van der Waals surface area contributed by atoms with Gasteiger partial charge in [-0.15, -0.1) is 0 Å². The van der Waals surface area contributed by atoms with E-state index in [9.17, 15) is 5.26 Å². The summed E-state index contributed by atoms with van der Waals surface area (Å²) in [7, 11) is 0. The molecule has 6 aromatic rings. The lowest BCUT2D eigenvalue weighted by molar-refractivity contribution is 0.762. The Bertz CT molecular complexity index is 1950. The van der Waals surface area contributed by atoms with Crippen LogP contribution in [0.4, 0.5) is 0 Å². The van der Waals surface area contributed by atoms with Crippen molar-refractivity contribution < 1.29 is 0 Å². The van der Waals surface area contributed by atoms with Crippen LogP contribution in [0.25, 0.3) is 33.0 Å². The van der Waals surface area contributed by atoms with Crippen LogP contribution in [0, 0.1) is 11.3 Å². The van der Waals surface area contributed by atoms with E-state index in [2.05, 4.69) is 96.3 Å². The van der Waals surface area contributed by atoms with Crippen LogP contribution in [0.15, 0.2) is 156 Å². The first kappa shape index (κ1) is 25.2. The van der Waals surface area contributed by atoms with Gasteiger partial charge in [-0.05, 0) is 51.2 Å². The number of nitrogens with one attached hydrogen (secondary N) is 1. The van der Waals surface area contributed by atoms with Crippen molar-refractivity contribution in [3.8, 4) is 28.3 Å². The lowest BCUT2D eigenvalue weighted by Gasteiger charge is -2.23. The molecule has 7 rings (SSSR count). The van der Waals surface area contributed by atoms with Gasteiger partial charge in [0.25, 0.3) is 0 Å². The molecule has 1 aliphatic rings. The fourth-order valence-electron chi connectivity index (χ4n) is 5.48. The number of aliphatic imine (C=N–C) groups is 2. The molecule has 4 nitrogen and oxygen atoms in total. The third-order valence-corrected chi connectivity index (χ3v) is 7.59. The third kappa shape index (κ3) is 4.85. The molecule has 198 valence electrons. The van der Waals surface area contributed by atoms with E-state index in [1.54, 1.807) is 0 Å². The highest BCUT2D eigenvalue weighted by atomic mass is 15.2. The molecule has 1 N–H and O–H groups in total. The van der Waals surface area contributed by atoms with Crippen molar-refractivity contribution in [2.75, 3.05) is 0 Å². The average Bonchev–Trinajstić information content (AvgIpc) is 3.08. The maximum Gasteiger partial charge on any atom is 0.170 e. The summed E-state index contributed by atoms with van der Waals surface area (Å²) >= 11 is 0. The monoisotopic (exact) mass is 538 g/mol. The SMILES string of the molecule is N#Cc1ccc(-c2cccc(-c3ccc(C4N=C(c5ccccc5)NC(c5ccccc5)=N4)c4ccccc34)c2)cc1. The number of amidine groups is 2. The third-order valence-electron chi connectivity index (χ3n) is 7.59. The van der Waals surface area contributed by atoms with Gasteiger partial charge in [0.1, 0.15) is 11.7 Å². The van der Waals surface area contributed by atoms with E-state index in [1.807, 2.05) is 60.7 Å².